The SMILES string of the molecule is NCCCc1cnc(Cc2cccs2)s1. The summed E-state index contributed by atoms with van der Waals surface area (Å²) in [5.41, 5.74) is 5.48. The quantitative estimate of drug-likeness (QED) is 0.870. The first kappa shape index (κ1) is 10.8. The van der Waals surface area contributed by atoms with Crippen LogP contribution < -0.4 is 5.73 Å². The number of hydrogen-bond donors (Lipinski definition) is 1. The zero-order chi connectivity index (χ0) is 10.5. The summed E-state index contributed by atoms with van der Waals surface area (Å²) < 4.78 is 0. The second kappa shape index (κ2) is 5.39. The number of hydrogen-bond acceptors (Lipinski definition) is 4. The third kappa shape index (κ3) is 3.12. The molecule has 0 aromatic carbocycles. The van der Waals surface area contributed by atoms with Gasteiger partial charge in [0.25, 0.3) is 0 Å². The Hall–Kier alpha value is -0.710. The largest absolute Gasteiger partial charge is 0.330 e. The van der Waals surface area contributed by atoms with E-state index in [1.807, 2.05) is 17.5 Å². The van der Waals surface area contributed by atoms with Crippen LogP contribution in [0.4, 0.5) is 0 Å². The molecule has 80 valence electrons. The molecular formula is C11H14N2S2. The molecule has 0 aliphatic carbocycles. The number of nitrogens with two attached hydrogens (primary N) is 1. The fourth-order valence-corrected chi connectivity index (χ4v) is 3.17. The van der Waals surface area contributed by atoms with E-state index >= 15 is 0 Å². The van der Waals surface area contributed by atoms with Gasteiger partial charge in [0.15, 0.2) is 0 Å². The van der Waals surface area contributed by atoms with E-state index in [2.05, 4.69) is 22.5 Å². The van der Waals surface area contributed by atoms with Gasteiger partial charge >= 0.3 is 0 Å². The molecule has 2 rings (SSSR count). The van der Waals surface area contributed by atoms with Crippen LogP contribution in [0, 0.1) is 0 Å². The van der Waals surface area contributed by atoms with Crippen molar-refractivity contribution < 1.29 is 0 Å². The van der Waals surface area contributed by atoms with Gasteiger partial charge in [0.05, 0.1) is 5.01 Å². The third-order valence-electron chi connectivity index (χ3n) is 2.13. The molecule has 0 spiro atoms. The number of thiazole rings is 1. The fraction of sp³-hybridized carbons (Fsp3) is 0.364. The maximum absolute atomic E-state index is 5.48. The number of aryl methyl sites for hydroxylation is 1. The van der Waals surface area contributed by atoms with Gasteiger partial charge in [-0.3, -0.25) is 0 Å². The number of aromatic nitrogens is 1. The van der Waals surface area contributed by atoms with Crippen molar-refractivity contribution in [3.8, 4) is 0 Å². The standard InChI is InChI=1S/C11H14N2S2/c12-5-1-3-10-8-13-11(15-10)7-9-4-2-6-14-9/h2,4,6,8H,1,3,5,7,12H2. The molecule has 0 saturated heterocycles. The van der Waals surface area contributed by atoms with Crippen molar-refractivity contribution in [2.24, 2.45) is 5.73 Å². The molecule has 2 heterocycles. The van der Waals surface area contributed by atoms with Crippen LogP contribution in [0.3, 0.4) is 0 Å². The van der Waals surface area contributed by atoms with Crippen molar-refractivity contribution in [2.45, 2.75) is 19.3 Å². The summed E-state index contributed by atoms with van der Waals surface area (Å²) in [6, 6.07) is 4.24. The fourth-order valence-electron chi connectivity index (χ4n) is 1.38. The number of nitrogens with zero attached hydrogens (tertiary/aromatic N) is 1. The van der Waals surface area contributed by atoms with Crippen molar-refractivity contribution in [1.82, 2.24) is 4.98 Å². The molecule has 2 N–H and O–H groups in total. The number of thiophene rings is 1. The molecular weight excluding hydrogens is 224 g/mol. The molecule has 0 radical (unpaired) electrons. The van der Waals surface area contributed by atoms with Crippen molar-refractivity contribution in [2.75, 3.05) is 6.54 Å². The van der Waals surface area contributed by atoms with Crippen LogP contribution in [0.2, 0.25) is 0 Å². The van der Waals surface area contributed by atoms with Gasteiger partial charge in [-0.05, 0) is 30.8 Å². The summed E-state index contributed by atoms with van der Waals surface area (Å²) in [5.74, 6) is 0. The molecule has 0 aliphatic heterocycles. The van der Waals surface area contributed by atoms with Crippen LogP contribution in [0.1, 0.15) is 21.2 Å². The molecule has 0 aliphatic rings. The molecule has 2 aromatic heterocycles. The lowest BCUT2D eigenvalue weighted by Crippen LogP contribution is -1.99. The molecule has 0 fully saturated rings. The lowest BCUT2D eigenvalue weighted by molar-refractivity contribution is 0.841. The van der Waals surface area contributed by atoms with E-state index in [1.165, 1.54) is 14.8 Å². The zero-order valence-electron chi connectivity index (χ0n) is 8.48. The van der Waals surface area contributed by atoms with Gasteiger partial charge in [-0.1, -0.05) is 6.07 Å². The summed E-state index contributed by atoms with van der Waals surface area (Å²) in [5, 5.41) is 3.32. The summed E-state index contributed by atoms with van der Waals surface area (Å²) in [6.45, 7) is 0.762. The van der Waals surface area contributed by atoms with E-state index in [4.69, 9.17) is 5.73 Å². The molecule has 0 saturated carbocycles. The molecule has 4 heteroatoms. The molecule has 2 aromatic rings. The Kier molecular flexibility index (Phi) is 3.88. The second-order valence-corrected chi connectivity index (χ2v) is 5.60. The van der Waals surface area contributed by atoms with Gasteiger partial charge in [0.2, 0.25) is 0 Å². The van der Waals surface area contributed by atoms with Crippen molar-refractivity contribution in [3.05, 3.63) is 38.5 Å². The van der Waals surface area contributed by atoms with Gasteiger partial charge in [0.1, 0.15) is 0 Å². The second-order valence-electron chi connectivity index (χ2n) is 3.37. The topological polar surface area (TPSA) is 38.9 Å². The molecule has 15 heavy (non-hydrogen) atoms. The van der Waals surface area contributed by atoms with Crippen molar-refractivity contribution >= 4 is 22.7 Å². The third-order valence-corrected chi connectivity index (χ3v) is 4.07. The Morgan fingerprint density at radius 1 is 1.33 bits per heavy atom. The minimum Gasteiger partial charge on any atom is -0.330 e. The minimum atomic E-state index is 0.762. The predicted octanol–water partition coefficient (Wildman–Crippen LogP) is 2.69. The Labute approximate surface area is 97.8 Å². The first-order valence-electron chi connectivity index (χ1n) is 5.04. The van der Waals surface area contributed by atoms with Crippen molar-refractivity contribution in [3.63, 3.8) is 0 Å². The minimum absolute atomic E-state index is 0.762. The molecule has 2 nitrogen and oxygen atoms in total. The lowest BCUT2D eigenvalue weighted by atomic mass is 10.3. The van der Waals surface area contributed by atoms with Crippen LogP contribution in [0.5, 0.6) is 0 Å². The van der Waals surface area contributed by atoms with Crippen molar-refractivity contribution in [1.29, 1.82) is 0 Å². The average Bonchev–Trinajstić information content (AvgIpc) is 2.87. The first-order chi connectivity index (χ1) is 7.38. The van der Waals surface area contributed by atoms with Gasteiger partial charge in [0, 0.05) is 22.4 Å². The predicted molar refractivity (Wildman–Crippen MR) is 66.6 cm³/mol. The Balaban J connectivity index is 1.95. The maximum atomic E-state index is 5.48. The van der Waals surface area contributed by atoms with Crippen LogP contribution in [-0.4, -0.2) is 11.5 Å². The summed E-state index contributed by atoms with van der Waals surface area (Å²) >= 11 is 3.60. The lowest BCUT2D eigenvalue weighted by Gasteiger charge is -1.92. The summed E-state index contributed by atoms with van der Waals surface area (Å²) in [6.07, 6.45) is 5.09. The van der Waals surface area contributed by atoms with E-state index in [-0.39, 0.29) is 0 Å². The van der Waals surface area contributed by atoms with Gasteiger partial charge in [-0.15, -0.1) is 22.7 Å². The molecule has 0 unspecified atom stereocenters. The average molecular weight is 238 g/mol. The molecule has 0 atom stereocenters. The maximum Gasteiger partial charge on any atom is 0.0979 e. The van der Waals surface area contributed by atoms with E-state index in [1.54, 1.807) is 11.3 Å². The van der Waals surface area contributed by atoms with Crippen LogP contribution in [0.25, 0.3) is 0 Å². The van der Waals surface area contributed by atoms with Gasteiger partial charge < -0.3 is 5.73 Å². The monoisotopic (exact) mass is 238 g/mol. The van der Waals surface area contributed by atoms with Crippen LogP contribution in [0.15, 0.2) is 23.7 Å². The van der Waals surface area contributed by atoms with E-state index in [9.17, 15) is 0 Å². The molecule has 0 amide bonds. The van der Waals surface area contributed by atoms with Gasteiger partial charge in [-0.25, -0.2) is 4.98 Å². The normalized spacial score (nSPS) is 10.7. The zero-order valence-corrected chi connectivity index (χ0v) is 10.1. The Morgan fingerprint density at radius 3 is 3.00 bits per heavy atom. The van der Waals surface area contributed by atoms with Gasteiger partial charge in [-0.2, -0.15) is 0 Å². The summed E-state index contributed by atoms with van der Waals surface area (Å²) in [4.78, 5) is 7.17. The van der Waals surface area contributed by atoms with E-state index in [0.717, 1.165) is 25.8 Å². The number of rotatable bonds is 5. The van der Waals surface area contributed by atoms with E-state index < -0.39 is 0 Å². The summed E-state index contributed by atoms with van der Waals surface area (Å²) in [7, 11) is 0. The first-order valence-corrected chi connectivity index (χ1v) is 6.74. The highest BCUT2D eigenvalue weighted by atomic mass is 32.1. The highest BCUT2D eigenvalue weighted by Crippen LogP contribution is 2.20. The smallest absolute Gasteiger partial charge is 0.0979 e. The Morgan fingerprint density at radius 2 is 2.27 bits per heavy atom. The molecule has 0 bridgehead atoms. The van der Waals surface area contributed by atoms with E-state index in [0.29, 0.717) is 0 Å². The highest BCUT2D eigenvalue weighted by Gasteiger charge is 2.03. The van der Waals surface area contributed by atoms with Crippen LogP contribution >= 0.6 is 22.7 Å². The van der Waals surface area contributed by atoms with Crippen LogP contribution in [-0.2, 0) is 12.8 Å². The Bertz CT molecular complexity index is 392. The highest BCUT2D eigenvalue weighted by molar-refractivity contribution is 7.12.